The molecule has 82 valence electrons. The second-order valence-electron chi connectivity index (χ2n) is 3.13. The first-order valence-corrected chi connectivity index (χ1v) is 5.05. The van der Waals surface area contributed by atoms with Crippen molar-refractivity contribution in [3.05, 3.63) is 0 Å². The number of carbonyl (C=O) groups is 1. The SMILES string of the molecule is CCCC/N=C(\OC(C)=O)N(C)CC. The molecule has 0 spiro atoms. The predicted octanol–water partition coefficient (Wildman–Crippen LogP) is 1.66. The van der Waals surface area contributed by atoms with Crippen molar-refractivity contribution >= 4 is 12.0 Å². The number of rotatable bonds is 4. The average molecular weight is 200 g/mol. The topological polar surface area (TPSA) is 41.9 Å². The first kappa shape index (κ1) is 12.9. The average Bonchev–Trinajstić information content (AvgIpc) is 2.15. The van der Waals surface area contributed by atoms with Gasteiger partial charge in [-0.1, -0.05) is 13.3 Å². The quantitative estimate of drug-likeness (QED) is 0.300. The van der Waals surface area contributed by atoms with Crippen LogP contribution in [0.5, 0.6) is 0 Å². The van der Waals surface area contributed by atoms with E-state index in [4.69, 9.17) is 4.74 Å². The van der Waals surface area contributed by atoms with Gasteiger partial charge in [0.15, 0.2) is 0 Å². The Morgan fingerprint density at radius 3 is 2.50 bits per heavy atom. The van der Waals surface area contributed by atoms with Crippen LogP contribution in [0.3, 0.4) is 0 Å². The molecule has 0 radical (unpaired) electrons. The molecular formula is C10H20N2O2. The van der Waals surface area contributed by atoms with Gasteiger partial charge < -0.3 is 9.64 Å². The van der Waals surface area contributed by atoms with Crippen LogP contribution in [0.15, 0.2) is 4.99 Å². The van der Waals surface area contributed by atoms with E-state index in [1.165, 1.54) is 6.92 Å². The van der Waals surface area contributed by atoms with E-state index < -0.39 is 0 Å². The minimum Gasteiger partial charge on any atom is -0.393 e. The van der Waals surface area contributed by atoms with Gasteiger partial charge in [-0.3, -0.25) is 4.79 Å². The monoisotopic (exact) mass is 200 g/mol. The third-order valence-corrected chi connectivity index (χ3v) is 1.79. The van der Waals surface area contributed by atoms with Gasteiger partial charge in [-0.2, -0.15) is 0 Å². The second-order valence-corrected chi connectivity index (χ2v) is 3.13. The number of unbranched alkanes of at least 4 members (excludes halogenated alkanes) is 1. The minimum atomic E-state index is -0.319. The highest BCUT2D eigenvalue weighted by Crippen LogP contribution is 1.95. The summed E-state index contributed by atoms with van der Waals surface area (Å²) in [5.74, 6) is -0.319. The summed E-state index contributed by atoms with van der Waals surface area (Å²) in [6, 6.07) is 0.424. The highest BCUT2D eigenvalue weighted by atomic mass is 16.6. The lowest BCUT2D eigenvalue weighted by atomic mass is 10.3. The summed E-state index contributed by atoms with van der Waals surface area (Å²) in [6.45, 7) is 6.96. The predicted molar refractivity (Wildman–Crippen MR) is 57.3 cm³/mol. The highest BCUT2D eigenvalue weighted by Gasteiger charge is 2.07. The summed E-state index contributed by atoms with van der Waals surface area (Å²) in [6.07, 6.45) is 2.11. The fourth-order valence-electron chi connectivity index (χ4n) is 0.828. The van der Waals surface area contributed by atoms with Gasteiger partial charge in [0, 0.05) is 27.1 Å². The van der Waals surface area contributed by atoms with Crippen molar-refractivity contribution in [2.75, 3.05) is 20.1 Å². The Labute approximate surface area is 86.0 Å². The molecule has 0 N–H and O–H groups in total. The number of ether oxygens (including phenoxy) is 1. The fraction of sp³-hybridized carbons (Fsp3) is 0.800. The first-order valence-electron chi connectivity index (χ1n) is 5.05. The Morgan fingerprint density at radius 1 is 1.43 bits per heavy atom. The molecule has 0 saturated carbocycles. The van der Waals surface area contributed by atoms with Crippen molar-refractivity contribution < 1.29 is 9.53 Å². The molecule has 14 heavy (non-hydrogen) atoms. The second kappa shape index (κ2) is 7.35. The van der Waals surface area contributed by atoms with E-state index in [0.29, 0.717) is 12.6 Å². The minimum absolute atomic E-state index is 0.319. The maximum Gasteiger partial charge on any atom is 0.310 e. The zero-order chi connectivity index (χ0) is 11.0. The summed E-state index contributed by atoms with van der Waals surface area (Å²) in [5, 5.41) is 0. The molecule has 0 heterocycles. The zero-order valence-corrected chi connectivity index (χ0v) is 9.54. The van der Waals surface area contributed by atoms with Gasteiger partial charge in [-0.25, -0.2) is 4.99 Å². The fourth-order valence-corrected chi connectivity index (χ4v) is 0.828. The van der Waals surface area contributed by atoms with Crippen LogP contribution in [0.4, 0.5) is 0 Å². The highest BCUT2D eigenvalue weighted by molar-refractivity contribution is 5.86. The summed E-state index contributed by atoms with van der Waals surface area (Å²) in [7, 11) is 1.85. The van der Waals surface area contributed by atoms with Crippen molar-refractivity contribution in [2.45, 2.75) is 33.6 Å². The van der Waals surface area contributed by atoms with Crippen molar-refractivity contribution in [1.29, 1.82) is 0 Å². The number of aliphatic imine (C=N–C) groups is 1. The van der Waals surface area contributed by atoms with Crippen LogP contribution in [-0.4, -0.2) is 37.0 Å². The van der Waals surface area contributed by atoms with Gasteiger partial charge in [0.1, 0.15) is 0 Å². The van der Waals surface area contributed by atoms with E-state index >= 15 is 0 Å². The molecule has 0 aromatic rings. The van der Waals surface area contributed by atoms with Crippen LogP contribution in [0.25, 0.3) is 0 Å². The molecular weight excluding hydrogens is 180 g/mol. The number of nitrogens with zero attached hydrogens (tertiary/aromatic N) is 2. The van der Waals surface area contributed by atoms with Crippen molar-refractivity contribution in [3.63, 3.8) is 0 Å². The Hall–Kier alpha value is -1.06. The molecule has 0 amide bonds. The van der Waals surface area contributed by atoms with Crippen molar-refractivity contribution in [3.8, 4) is 0 Å². The molecule has 0 aliphatic heterocycles. The van der Waals surface area contributed by atoms with E-state index in [1.807, 2.05) is 18.9 Å². The van der Waals surface area contributed by atoms with E-state index in [9.17, 15) is 4.79 Å². The normalized spacial score (nSPS) is 11.3. The maximum absolute atomic E-state index is 10.8. The van der Waals surface area contributed by atoms with Gasteiger partial charge in [0.25, 0.3) is 6.02 Å². The molecule has 4 nitrogen and oxygen atoms in total. The Kier molecular flexibility index (Phi) is 6.80. The Bertz CT molecular complexity index is 202. The molecule has 0 aromatic carbocycles. The van der Waals surface area contributed by atoms with Gasteiger partial charge in [0.05, 0.1) is 0 Å². The third kappa shape index (κ3) is 5.56. The van der Waals surface area contributed by atoms with Crippen LogP contribution >= 0.6 is 0 Å². The zero-order valence-electron chi connectivity index (χ0n) is 9.54. The molecule has 0 atom stereocenters. The third-order valence-electron chi connectivity index (χ3n) is 1.79. The first-order chi connectivity index (χ1) is 6.61. The molecule has 0 unspecified atom stereocenters. The maximum atomic E-state index is 10.8. The number of hydrogen-bond donors (Lipinski definition) is 0. The Morgan fingerprint density at radius 2 is 2.07 bits per heavy atom. The number of hydrogen-bond acceptors (Lipinski definition) is 3. The van der Waals surface area contributed by atoms with Gasteiger partial charge in [-0.15, -0.1) is 0 Å². The lowest BCUT2D eigenvalue weighted by Crippen LogP contribution is -2.30. The molecule has 0 rings (SSSR count). The number of amidine groups is 1. The summed E-state index contributed by atoms with van der Waals surface area (Å²) in [4.78, 5) is 16.8. The number of esters is 1. The number of carbonyl (C=O) groups excluding carboxylic acids is 1. The standard InChI is InChI=1S/C10H20N2O2/c1-5-7-8-11-10(12(4)6-2)14-9(3)13/h5-8H2,1-4H3/b11-10-. The van der Waals surface area contributed by atoms with Gasteiger partial charge >= 0.3 is 5.97 Å². The smallest absolute Gasteiger partial charge is 0.310 e. The van der Waals surface area contributed by atoms with E-state index in [2.05, 4.69) is 11.9 Å². The van der Waals surface area contributed by atoms with Crippen LogP contribution in [-0.2, 0) is 9.53 Å². The van der Waals surface area contributed by atoms with Crippen LogP contribution in [0, 0.1) is 0 Å². The summed E-state index contributed by atoms with van der Waals surface area (Å²) < 4.78 is 4.99. The molecule has 4 heteroatoms. The molecule has 0 bridgehead atoms. The molecule has 0 saturated heterocycles. The largest absolute Gasteiger partial charge is 0.393 e. The van der Waals surface area contributed by atoms with Gasteiger partial charge in [-0.05, 0) is 13.3 Å². The van der Waals surface area contributed by atoms with Crippen molar-refractivity contribution in [1.82, 2.24) is 4.90 Å². The molecule has 0 aromatic heterocycles. The lowest BCUT2D eigenvalue weighted by molar-refractivity contribution is -0.133. The Balaban J connectivity index is 4.22. The van der Waals surface area contributed by atoms with Crippen LogP contribution in [0.2, 0.25) is 0 Å². The van der Waals surface area contributed by atoms with Crippen LogP contribution in [0.1, 0.15) is 33.6 Å². The summed E-state index contributed by atoms with van der Waals surface area (Å²) in [5.41, 5.74) is 0. The summed E-state index contributed by atoms with van der Waals surface area (Å²) >= 11 is 0. The lowest BCUT2D eigenvalue weighted by Gasteiger charge is -2.17. The van der Waals surface area contributed by atoms with E-state index in [0.717, 1.165) is 19.4 Å². The molecule has 0 fully saturated rings. The van der Waals surface area contributed by atoms with Crippen LogP contribution < -0.4 is 0 Å². The van der Waals surface area contributed by atoms with E-state index in [-0.39, 0.29) is 5.97 Å². The molecule has 0 aliphatic rings. The van der Waals surface area contributed by atoms with Gasteiger partial charge in [0.2, 0.25) is 0 Å². The van der Waals surface area contributed by atoms with Crippen molar-refractivity contribution in [2.24, 2.45) is 4.99 Å². The van der Waals surface area contributed by atoms with E-state index in [1.54, 1.807) is 0 Å². The molecule has 0 aliphatic carbocycles.